The fourth-order valence-corrected chi connectivity index (χ4v) is 1.49. The molecule has 15 heavy (non-hydrogen) atoms. The summed E-state index contributed by atoms with van der Waals surface area (Å²) in [4.78, 5) is 10.9. The zero-order valence-electron chi connectivity index (χ0n) is 9.10. The maximum atomic E-state index is 10.9. The largest absolute Gasteiger partial charge is 0.481 e. The van der Waals surface area contributed by atoms with Gasteiger partial charge in [0.2, 0.25) is 0 Å². The Hall–Kier alpha value is -1.35. The number of rotatable bonds is 4. The van der Waals surface area contributed by atoms with Crippen molar-refractivity contribution in [1.29, 1.82) is 0 Å². The van der Waals surface area contributed by atoms with Crippen LogP contribution in [0.2, 0.25) is 0 Å². The molecule has 0 fully saturated rings. The molecule has 0 bridgehead atoms. The third-order valence-electron chi connectivity index (χ3n) is 2.54. The average molecular weight is 207 g/mol. The fourth-order valence-electron chi connectivity index (χ4n) is 1.49. The van der Waals surface area contributed by atoms with Crippen LogP contribution in [0.25, 0.3) is 0 Å². The monoisotopic (exact) mass is 207 g/mol. The molecule has 0 spiro atoms. The van der Waals surface area contributed by atoms with E-state index in [1.807, 2.05) is 24.3 Å². The van der Waals surface area contributed by atoms with Gasteiger partial charge in [-0.15, -0.1) is 0 Å². The molecule has 0 aliphatic heterocycles. The van der Waals surface area contributed by atoms with Gasteiger partial charge >= 0.3 is 5.97 Å². The van der Waals surface area contributed by atoms with Crippen molar-refractivity contribution < 1.29 is 9.90 Å². The van der Waals surface area contributed by atoms with Crippen molar-refractivity contribution in [2.24, 2.45) is 5.73 Å². The molecule has 0 saturated heterocycles. The van der Waals surface area contributed by atoms with Crippen LogP contribution in [0.15, 0.2) is 24.3 Å². The molecule has 0 aliphatic rings. The summed E-state index contributed by atoms with van der Waals surface area (Å²) in [5, 5.41) is 8.93. The van der Waals surface area contributed by atoms with Crippen molar-refractivity contribution in [3.8, 4) is 0 Å². The van der Waals surface area contributed by atoms with Gasteiger partial charge in [-0.25, -0.2) is 0 Å². The standard InChI is InChI=1S/C12H17NO2/c1-8(2)9-3-5-10(6-4-9)11(7-13)12(14)15/h3-6,8,11H,7,13H2,1-2H3,(H,14,15). The second kappa shape index (κ2) is 4.94. The first-order valence-electron chi connectivity index (χ1n) is 5.09. The number of carboxylic acids is 1. The van der Waals surface area contributed by atoms with Crippen molar-refractivity contribution in [3.05, 3.63) is 35.4 Å². The first-order chi connectivity index (χ1) is 7.06. The van der Waals surface area contributed by atoms with E-state index in [2.05, 4.69) is 13.8 Å². The minimum atomic E-state index is -0.866. The molecule has 1 aromatic carbocycles. The average Bonchev–Trinajstić information content (AvgIpc) is 2.19. The van der Waals surface area contributed by atoms with Crippen LogP contribution in [0.1, 0.15) is 36.8 Å². The van der Waals surface area contributed by atoms with Crippen LogP contribution >= 0.6 is 0 Å². The molecular formula is C12H17NO2. The minimum Gasteiger partial charge on any atom is -0.481 e. The summed E-state index contributed by atoms with van der Waals surface area (Å²) in [7, 11) is 0. The number of hydrogen-bond donors (Lipinski definition) is 2. The van der Waals surface area contributed by atoms with Crippen molar-refractivity contribution >= 4 is 5.97 Å². The van der Waals surface area contributed by atoms with E-state index in [4.69, 9.17) is 10.8 Å². The first-order valence-corrected chi connectivity index (χ1v) is 5.09. The summed E-state index contributed by atoms with van der Waals surface area (Å²) in [5.74, 6) is -0.999. The zero-order chi connectivity index (χ0) is 11.4. The van der Waals surface area contributed by atoms with Gasteiger partial charge in [0.1, 0.15) is 0 Å². The summed E-state index contributed by atoms with van der Waals surface area (Å²) in [6.45, 7) is 4.34. The molecule has 0 aliphatic carbocycles. The van der Waals surface area contributed by atoms with E-state index in [9.17, 15) is 4.79 Å². The molecule has 1 atom stereocenters. The van der Waals surface area contributed by atoms with E-state index < -0.39 is 11.9 Å². The van der Waals surface area contributed by atoms with Crippen molar-refractivity contribution in [2.45, 2.75) is 25.7 Å². The highest BCUT2D eigenvalue weighted by atomic mass is 16.4. The van der Waals surface area contributed by atoms with Crippen LogP contribution in [0.3, 0.4) is 0 Å². The summed E-state index contributed by atoms with van der Waals surface area (Å²) in [5.41, 5.74) is 7.40. The van der Waals surface area contributed by atoms with E-state index >= 15 is 0 Å². The topological polar surface area (TPSA) is 63.3 Å². The lowest BCUT2D eigenvalue weighted by Crippen LogP contribution is -2.21. The van der Waals surface area contributed by atoms with Crippen LogP contribution in [-0.2, 0) is 4.79 Å². The third kappa shape index (κ3) is 2.80. The number of nitrogens with two attached hydrogens (primary N) is 1. The van der Waals surface area contributed by atoms with Gasteiger partial charge in [0.25, 0.3) is 0 Å². The molecule has 82 valence electrons. The Kier molecular flexibility index (Phi) is 3.86. The highest BCUT2D eigenvalue weighted by Gasteiger charge is 2.17. The lowest BCUT2D eigenvalue weighted by molar-refractivity contribution is -0.138. The van der Waals surface area contributed by atoms with Gasteiger partial charge in [-0.05, 0) is 17.0 Å². The molecule has 3 heteroatoms. The lowest BCUT2D eigenvalue weighted by Gasteiger charge is -2.11. The Morgan fingerprint density at radius 2 is 1.73 bits per heavy atom. The second-order valence-electron chi connectivity index (χ2n) is 3.95. The van der Waals surface area contributed by atoms with Crippen LogP contribution < -0.4 is 5.73 Å². The van der Waals surface area contributed by atoms with Crippen LogP contribution in [0, 0.1) is 0 Å². The van der Waals surface area contributed by atoms with E-state index in [1.165, 1.54) is 5.56 Å². The van der Waals surface area contributed by atoms with Gasteiger partial charge in [-0.3, -0.25) is 4.79 Å². The number of benzene rings is 1. The SMILES string of the molecule is CC(C)c1ccc(C(CN)C(=O)O)cc1. The summed E-state index contributed by atoms with van der Waals surface area (Å²) in [6.07, 6.45) is 0. The summed E-state index contributed by atoms with van der Waals surface area (Å²) >= 11 is 0. The summed E-state index contributed by atoms with van der Waals surface area (Å²) < 4.78 is 0. The highest BCUT2D eigenvalue weighted by Crippen LogP contribution is 2.19. The van der Waals surface area contributed by atoms with Gasteiger partial charge in [-0.1, -0.05) is 38.1 Å². The van der Waals surface area contributed by atoms with Crippen molar-refractivity contribution in [3.63, 3.8) is 0 Å². The number of hydrogen-bond acceptors (Lipinski definition) is 2. The smallest absolute Gasteiger partial charge is 0.312 e. The molecule has 0 saturated carbocycles. The molecule has 3 N–H and O–H groups in total. The second-order valence-corrected chi connectivity index (χ2v) is 3.95. The molecule has 1 aromatic rings. The Morgan fingerprint density at radius 3 is 2.07 bits per heavy atom. The third-order valence-corrected chi connectivity index (χ3v) is 2.54. The fraction of sp³-hybridized carbons (Fsp3) is 0.417. The molecule has 1 unspecified atom stereocenters. The molecule has 1 rings (SSSR count). The Labute approximate surface area is 89.9 Å². The predicted octanol–water partition coefficient (Wildman–Crippen LogP) is 1.94. The number of carbonyl (C=O) groups is 1. The first kappa shape index (κ1) is 11.7. The van der Waals surface area contributed by atoms with E-state index in [-0.39, 0.29) is 6.54 Å². The minimum absolute atomic E-state index is 0.135. The molecule has 3 nitrogen and oxygen atoms in total. The van der Waals surface area contributed by atoms with Gasteiger partial charge in [-0.2, -0.15) is 0 Å². The van der Waals surface area contributed by atoms with Gasteiger partial charge < -0.3 is 10.8 Å². The number of carboxylic acid groups (broad SMARTS) is 1. The molecule has 0 radical (unpaired) electrons. The van der Waals surface area contributed by atoms with E-state index in [1.54, 1.807) is 0 Å². The van der Waals surface area contributed by atoms with E-state index in [0.29, 0.717) is 5.92 Å². The Bertz CT molecular complexity index is 330. The predicted molar refractivity (Wildman–Crippen MR) is 60.0 cm³/mol. The maximum Gasteiger partial charge on any atom is 0.312 e. The quantitative estimate of drug-likeness (QED) is 0.793. The molecule has 0 heterocycles. The van der Waals surface area contributed by atoms with Crippen molar-refractivity contribution in [1.82, 2.24) is 0 Å². The zero-order valence-corrected chi connectivity index (χ0v) is 9.10. The Morgan fingerprint density at radius 1 is 1.27 bits per heavy atom. The van der Waals surface area contributed by atoms with Gasteiger partial charge in [0, 0.05) is 6.54 Å². The molecular weight excluding hydrogens is 190 g/mol. The highest BCUT2D eigenvalue weighted by molar-refractivity contribution is 5.76. The normalized spacial score (nSPS) is 12.8. The Balaban J connectivity index is 2.92. The van der Waals surface area contributed by atoms with Crippen LogP contribution in [0.4, 0.5) is 0 Å². The van der Waals surface area contributed by atoms with E-state index in [0.717, 1.165) is 5.56 Å². The number of aliphatic carboxylic acids is 1. The van der Waals surface area contributed by atoms with Crippen molar-refractivity contribution in [2.75, 3.05) is 6.54 Å². The van der Waals surface area contributed by atoms with Gasteiger partial charge in [0.15, 0.2) is 0 Å². The van der Waals surface area contributed by atoms with Crippen LogP contribution in [0.5, 0.6) is 0 Å². The summed E-state index contributed by atoms with van der Waals surface area (Å²) in [6, 6.07) is 7.62. The lowest BCUT2D eigenvalue weighted by atomic mass is 9.95. The maximum absolute atomic E-state index is 10.9. The van der Waals surface area contributed by atoms with Crippen LogP contribution in [-0.4, -0.2) is 17.6 Å². The molecule has 0 amide bonds. The van der Waals surface area contributed by atoms with Gasteiger partial charge in [0.05, 0.1) is 5.92 Å². The molecule has 0 aromatic heterocycles.